The Labute approximate surface area is 136 Å². The van der Waals surface area contributed by atoms with E-state index in [0.29, 0.717) is 16.8 Å². The normalized spacial score (nSPS) is 10.7. The number of hydrogen-bond donors (Lipinski definition) is 0. The summed E-state index contributed by atoms with van der Waals surface area (Å²) < 4.78 is 1.06. The molecule has 0 amide bonds. The van der Waals surface area contributed by atoms with Gasteiger partial charge in [-0.1, -0.05) is 11.6 Å². The van der Waals surface area contributed by atoms with Crippen LogP contribution in [0.25, 0.3) is 0 Å². The third kappa shape index (κ3) is 3.27. The van der Waals surface area contributed by atoms with E-state index in [-0.39, 0.29) is 16.3 Å². The first-order valence-corrected chi connectivity index (χ1v) is 6.84. The minimum atomic E-state index is -0.553. The van der Waals surface area contributed by atoms with Gasteiger partial charge in [0, 0.05) is 28.4 Å². The lowest BCUT2D eigenvalue weighted by Crippen LogP contribution is -2.22. The van der Waals surface area contributed by atoms with Crippen LogP contribution < -0.4 is 5.56 Å². The van der Waals surface area contributed by atoms with Crippen LogP contribution in [0.1, 0.15) is 22.4 Å². The maximum atomic E-state index is 12.2. The second kappa shape index (κ2) is 6.42. The van der Waals surface area contributed by atoms with Gasteiger partial charge in [0.25, 0.3) is 11.2 Å². The summed E-state index contributed by atoms with van der Waals surface area (Å²) in [7, 11) is 0. The Bertz CT molecular complexity index is 926. The SMILES string of the molecule is Cc1cc(C)n(/N=C\c2cc([N+](=O)[O-])ccc2Cl)c(=O)c1C#N. The molecule has 0 saturated carbocycles. The quantitative estimate of drug-likeness (QED) is 0.490. The highest BCUT2D eigenvalue weighted by molar-refractivity contribution is 6.33. The Balaban J connectivity index is 2.54. The number of rotatable bonds is 3. The number of nitro groups is 1. The molecule has 0 spiro atoms. The van der Waals surface area contributed by atoms with Crippen molar-refractivity contribution in [3.63, 3.8) is 0 Å². The molecule has 1 aromatic carbocycles. The monoisotopic (exact) mass is 330 g/mol. The lowest BCUT2D eigenvalue weighted by Gasteiger charge is -2.06. The van der Waals surface area contributed by atoms with Crippen LogP contribution in [0.15, 0.2) is 34.2 Å². The summed E-state index contributed by atoms with van der Waals surface area (Å²) in [4.78, 5) is 22.5. The van der Waals surface area contributed by atoms with Gasteiger partial charge in [0.2, 0.25) is 0 Å². The Morgan fingerprint density at radius 3 is 2.70 bits per heavy atom. The van der Waals surface area contributed by atoms with Gasteiger partial charge < -0.3 is 0 Å². The number of aromatic nitrogens is 1. The lowest BCUT2D eigenvalue weighted by molar-refractivity contribution is -0.384. The van der Waals surface area contributed by atoms with E-state index in [1.54, 1.807) is 19.9 Å². The number of non-ortho nitro benzene ring substituents is 1. The third-order valence-corrected chi connectivity index (χ3v) is 3.52. The highest BCUT2D eigenvalue weighted by atomic mass is 35.5. The smallest absolute Gasteiger partial charge is 0.266 e. The van der Waals surface area contributed by atoms with Crippen molar-refractivity contribution in [2.24, 2.45) is 5.10 Å². The first-order valence-electron chi connectivity index (χ1n) is 6.46. The van der Waals surface area contributed by atoms with E-state index in [0.717, 1.165) is 4.68 Å². The summed E-state index contributed by atoms with van der Waals surface area (Å²) in [6.07, 6.45) is 1.25. The van der Waals surface area contributed by atoms with Gasteiger partial charge in [0.15, 0.2) is 0 Å². The topological polar surface area (TPSA) is 101 Å². The van der Waals surface area contributed by atoms with Crippen LogP contribution in [-0.2, 0) is 0 Å². The Morgan fingerprint density at radius 2 is 2.09 bits per heavy atom. The van der Waals surface area contributed by atoms with Gasteiger partial charge in [0.05, 0.1) is 11.1 Å². The standard InChI is InChI=1S/C15H11ClN4O3/c1-9-5-10(2)19(15(21)13(9)7-17)18-8-11-6-12(20(22)23)3-4-14(11)16/h3-6,8H,1-2H3/b18-8-. The van der Waals surface area contributed by atoms with Crippen molar-refractivity contribution in [1.29, 1.82) is 5.26 Å². The molecule has 116 valence electrons. The molecule has 0 N–H and O–H groups in total. The Morgan fingerprint density at radius 1 is 1.39 bits per heavy atom. The zero-order valence-corrected chi connectivity index (χ0v) is 13.0. The van der Waals surface area contributed by atoms with E-state index < -0.39 is 10.5 Å². The predicted octanol–water partition coefficient (Wildman–Crippen LogP) is 2.78. The van der Waals surface area contributed by atoms with Crippen molar-refractivity contribution >= 4 is 23.5 Å². The van der Waals surface area contributed by atoms with Crippen molar-refractivity contribution in [2.75, 3.05) is 0 Å². The van der Waals surface area contributed by atoms with Gasteiger partial charge in [-0.25, -0.2) is 4.68 Å². The molecule has 1 aromatic heterocycles. The Kier molecular flexibility index (Phi) is 4.57. The molecular formula is C15H11ClN4O3. The van der Waals surface area contributed by atoms with Crippen LogP contribution in [-0.4, -0.2) is 15.8 Å². The van der Waals surface area contributed by atoms with Crippen molar-refractivity contribution < 1.29 is 4.92 Å². The van der Waals surface area contributed by atoms with Gasteiger partial charge in [-0.05, 0) is 31.5 Å². The van der Waals surface area contributed by atoms with Crippen LogP contribution in [0.2, 0.25) is 5.02 Å². The average Bonchev–Trinajstić information content (AvgIpc) is 2.48. The van der Waals surface area contributed by atoms with Crippen LogP contribution >= 0.6 is 11.6 Å². The second-order valence-corrected chi connectivity index (χ2v) is 5.19. The fourth-order valence-corrected chi connectivity index (χ4v) is 2.19. The molecule has 2 aromatic rings. The molecule has 0 bridgehead atoms. The number of pyridine rings is 1. The van der Waals surface area contributed by atoms with Crippen molar-refractivity contribution in [1.82, 2.24) is 4.68 Å². The number of benzene rings is 1. The number of aryl methyl sites for hydroxylation is 2. The van der Waals surface area contributed by atoms with Crippen LogP contribution in [0.5, 0.6) is 0 Å². The molecule has 0 atom stereocenters. The van der Waals surface area contributed by atoms with E-state index in [9.17, 15) is 14.9 Å². The molecule has 23 heavy (non-hydrogen) atoms. The molecule has 0 radical (unpaired) electrons. The summed E-state index contributed by atoms with van der Waals surface area (Å²) in [5.41, 5.74) is 0.701. The van der Waals surface area contributed by atoms with E-state index in [1.165, 1.54) is 24.4 Å². The van der Waals surface area contributed by atoms with Gasteiger partial charge in [0.1, 0.15) is 11.6 Å². The largest absolute Gasteiger partial charge is 0.289 e. The molecule has 7 nitrogen and oxygen atoms in total. The molecule has 2 rings (SSSR count). The van der Waals surface area contributed by atoms with E-state index in [2.05, 4.69) is 5.10 Å². The zero-order valence-electron chi connectivity index (χ0n) is 12.3. The summed E-state index contributed by atoms with van der Waals surface area (Å²) >= 11 is 5.98. The number of hydrogen-bond acceptors (Lipinski definition) is 5. The van der Waals surface area contributed by atoms with Crippen molar-refractivity contribution in [3.05, 3.63) is 72.1 Å². The maximum Gasteiger partial charge on any atom is 0.289 e. The summed E-state index contributed by atoms with van der Waals surface area (Å²) in [6, 6.07) is 7.41. The zero-order chi connectivity index (χ0) is 17.1. The first kappa shape index (κ1) is 16.4. The van der Waals surface area contributed by atoms with Gasteiger partial charge in [-0.15, -0.1) is 0 Å². The molecule has 0 aliphatic rings. The molecular weight excluding hydrogens is 320 g/mol. The van der Waals surface area contributed by atoms with E-state index in [1.807, 2.05) is 6.07 Å². The third-order valence-electron chi connectivity index (χ3n) is 3.17. The van der Waals surface area contributed by atoms with Crippen molar-refractivity contribution in [2.45, 2.75) is 13.8 Å². The average molecular weight is 331 g/mol. The molecule has 0 unspecified atom stereocenters. The first-order chi connectivity index (χ1) is 10.8. The molecule has 0 saturated heterocycles. The summed E-state index contributed by atoms with van der Waals surface area (Å²) in [5.74, 6) is 0. The van der Waals surface area contributed by atoms with Crippen LogP contribution in [0, 0.1) is 35.3 Å². The molecule has 0 aliphatic carbocycles. The second-order valence-electron chi connectivity index (χ2n) is 4.78. The lowest BCUT2D eigenvalue weighted by atomic mass is 10.1. The van der Waals surface area contributed by atoms with E-state index in [4.69, 9.17) is 16.9 Å². The molecule has 1 heterocycles. The molecule has 8 heteroatoms. The summed E-state index contributed by atoms with van der Waals surface area (Å²) in [6.45, 7) is 3.33. The number of nitrogens with zero attached hydrogens (tertiary/aromatic N) is 4. The Hall–Kier alpha value is -2.98. The fourth-order valence-electron chi connectivity index (χ4n) is 2.02. The number of halogens is 1. The number of nitro benzene ring substituents is 1. The fraction of sp³-hybridized carbons (Fsp3) is 0.133. The predicted molar refractivity (Wildman–Crippen MR) is 86.0 cm³/mol. The maximum absolute atomic E-state index is 12.2. The van der Waals surface area contributed by atoms with E-state index >= 15 is 0 Å². The number of nitriles is 1. The summed E-state index contributed by atoms with van der Waals surface area (Å²) in [5, 5.41) is 24.1. The highest BCUT2D eigenvalue weighted by Crippen LogP contribution is 2.20. The molecule has 0 aliphatic heterocycles. The highest BCUT2D eigenvalue weighted by Gasteiger charge is 2.11. The van der Waals surface area contributed by atoms with Gasteiger partial charge in [-0.3, -0.25) is 14.9 Å². The minimum absolute atomic E-state index is 0.00195. The molecule has 0 fully saturated rings. The van der Waals surface area contributed by atoms with Crippen LogP contribution in [0.4, 0.5) is 5.69 Å². The van der Waals surface area contributed by atoms with Gasteiger partial charge in [-0.2, -0.15) is 10.4 Å². The van der Waals surface area contributed by atoms with Crippen LogP contribution in [0.3, 0.4) is 0 Å². The minimum Gasteiger partial charge on any atom is -0.266 e. The van der Waals surface area contributed by atoms with Crippen molar-refractivity contribution in [3.8, 4) is 6.07 Å². The van der Waals surface area contributed by atoms with Gasteiger partial charge >= 0.3 is 0 Å².